The number of carbonyl (C=O) groups excluding carboxylic acids is 1. The first kappa shape index (κ1) is 21.8. The Balaban J connectivity index is 2.28. The molecule has 0 spiro atoms. The van der Waals surface area contributed by atoms with Crippen molar-refractivity contribution < 1.29 is 26.7 Å². The molecule has 0 aliphatic carbocycles. The highest BCUT2D eigenvalue weighted by Crippen LogP contribution is 2.28. The summed E-state index contributed by atoms with van der Waals surface area (Å²) in [4.78, 5) is 12.2. The third kappa shape index (κ3) is 4.48. The molecule has 6 nitrogen and oxygen atoms in total. The van der Waals surface area contributed by atoms with E-state index in [4.69, 9.17) is 4.74 Å². The molecule has 152 valence electrons. The fourth-order valence-corrected chi connectivity index (χ4v) is 4.43. The Labute approximate surface area is 163 Å². The SMILES string of the molecule is CCN(CC(=O)Nc1c(F)cccc1F)S(=O)(=O)c1cc(C)c(OC)c(C)c1. The minimum atomic E-state index is -4.00. The van der Waals surface area contributed by atoms with E-state index in [-0.39, 0.29) is 11.4 Å². The van der Waals surface area contributed by atoms with Crippen molar-refractivity contribution in [1.29, 1.82) is 0 Å². The number of hydrogen-bond acceptors (Lipinski definition) is 4. The first-order valence-electron chi connectivity index (χ1n) is 8.51. The highest BCUT2D eigenvalue weighted by molar-refractivity contribution is 7.89. The minimum Gasteiger partial charge on any atom is -0.496 e. The summed E-state index contributed by atoms with van der Waals surface area (Å²) in [5.74, 6) is -2.16. The highest BCUT2D eigenvalue weighted by atomic mass is 32.2. The fraction of sp³-hybridized carbons (Fsp3) is 0.316. The van der Waals surface area contributed by atoms with Crippen LogP contribution in [-0.4, -0.2) is 38.8 Å². The molecule has 1 N–H and O–H groups in total. The number of nitrogens with zero attached hydrogens (tertiary/aromatic N) is 1. The van der Waals surface area contributed by atoms with Gasteiger partial charge in [0.15, 0.2) is 0 Å². The van der Waals surface area contributed by atoms with Gasteiger partial charge < -0.3 is 10.1 Å². The number of likely N-dealkylation sites (N-methyl/N-ethyl adjacent to an activating group) is 1. The molecule has 0 unspecified atom stereocenters. The third-order valence-electron chi connectivity index (χ3n) is 4.18. The van der Waals surface area contributed by atoms with Crippen molar-refractivity contribution in [1.82, 2.24) is 4.31 Å². The van der Waals surface area contributed by atoms with Crippen molar-refractivity contribution in [2.45, 2.75) is 25.7 Å². The molecule has 9 heteroatoms. The summed E-state index contributed by atoms with van der Waals surface area (Å²) in [6.07, 6.45) is 0. The van der Waals surface area contributed by atoms with Crippen LogP contribution in [0, 0.1) is 25.5 Å². The van der Waals surface area contributed by atoms with Crippen LogP contribution in [0.25, 0.3) is 0 Å². The number of anilines is 1. The van der Waals surface area contributed by atoms with E-state index in [9.17, 15) is 22.0 Å². The molecule has 0 fully saturated rings. The van der Waals surface area contributed by atoms with E-state index in [1.807, 2.05) is 0 Å². The molecule has 2 aromatic carbocycles. The van der Waals surface area contributed by atoms with Crippen molar-refractivity contribution >= 4 is 21.6 Å². The summed E-state index contributed by atoms with van der Waals surface area (Å²) in [6.45, 7) is 4.41. The van der Waals surface area contributed by atoms with E-state index in [2.05, 4.69) is 5.32 Å². The Morgan fingerprint density at radius 2 is 1.68 bits per heavy atom. The number of hydrogen-bond donors (Lipinski definition) is 1. The maximum atomic E-state index is 13.7. The molecular formula is C19H22F2N2O4S. The summed E-state index contributed by atoms with van der Waals surface area (Å²) in [5, 5.41) is 2.09. The molecule has 0 bridgehead atoms. The van der Waals surface area contributed by atoms with Gasteiger partial charge in [-0.3, -0.25) is 4.79 Å². The molecule has 0 atom stereocenters. The number of rotatable bonds is 7. The molecule has 0 aliphatic rings. The summed E-state index contributed by atoms with van der Waals surface area (Å²) in [6, 6.07) is 6.07. The Morgan fingerprint density at radius 1 is 1.14 bits per heavy atom. The van der Waals surface area contributed by atoms with E-state index in [1.165, 1.54) is 19.2 Å². The van der Waals surface area contributed by atoms with Crippen molar-refractivity contribution in [2.24, 2.45) is 0 Å². The third-order valence-corrected chi connectivity index (χ3v) is 6.07. The van der Waals surface area contributed by atoms with Gasteiger partial charge in [0.05, 0.1) is 18.6 Å². The van der Waals surface area contributed by atoms with Crippen LogP contribution in [0.4, 0.5) is 14.5 Å². The van der Waals surface area contributed by atoms with Gasteiger partial charge in [0.1, 0.15) is 23.1 Å². The molecule has 0 saturated heterocycles. The normalized spacial score (nSPS) is 11.5. The van der Waals surface area contributed by atoms with Gasteiger partial charge in [-0.15, -0.1) is 0 Å². The van der Waals surface area contributed by atoms with Gasteiger partial charge in [-0.2, -0.15) is 4.31 Å². The van der Waals surface area contributed by atoms with Crippen LogP contribution in [-0.2, 0) is 14.8 Å². The van der Waals surface area contributed by atoms with Crippen LogP contribution >= 0.6 is 0 Å². The van der Waals surface area contributed by atoms with E-state index < -0.39 is 39.8 Å². The second-order valence-electron chi connectivity index (χ2n) is 6.17. The molecule has 0 saturated carbocycles. The van der Waals surface area contributed by atoms with Crippen LogP contribution < -0.4 is 10.1 Å². The van der Waals surface area contributed by atoms with Crippen molar-refractivity contribution in [2.75, 3.05) is 25.5 Å². The lowest BCUT2D eigenvalue weighted by Crippen LogP contribution is -2.38. The summed E-state index contributed by atoms with van der Waals surface area (Å²) in [5.41, 5.74) is 0.655. The number of amides is 1. The smallest absolute Gasteiger partial charge is 0.243 e. The molecule has 0 aliphatic heterocycles. The lowest BCUT2D eigenvalue weighted by Gasteiger charge is -2.21. The lowest BCUT2D eigenvalue weighted by atomic mass is 10.1. The van der Waals surface area contributed by atoms with E-state index in [1.54, 1.807) is 20.8 Å². The number of methoxy groups -OCH3 is 1. The summed E-state index contributed by atoms with van der Waals surface area (Å²) < 4.78 is 59.4. The molecule has 2 rings (SSSR count). The van der Waals surface area contributed by atoms with E-state index >= 15 is 0 Å². The zero-order valence-electron chi connectivity index (χ0n) is 16.0. The van der Waals surface area contributed by atoms with Gasteiger partial charge in [0, 0.05) is 6.54 Å². The number of halogens is 2. The maximum absolute atomic E-state index is 13.7. The molecular weight excluding hydrogens is 390 g/mol. The quantitative estimate of drug-likeness (QED) is 0.758. The lowest BCUT2D eigenvalue weighted by molar-refractivity contribution is -0.116. The maximum Gasteiger partial charge on any atom is 0.243 e. The highest BCUT2D eigenvalue weighted by Gasteiger charge is 2.27. The van der Waals surface area contributed by atoms with Gasteiger partial charge in [-0.25, -0.2) is 17.2 Å². The minimum absolute atomic E-state index is 0.000365. The van der Waals surface area contributed by atoms with Crippen molar-refractivity contribution in [3.8, 4) is 5.75 Å². The monoisotopic (exact) mass is 412 g/mol. The van der Waals surface area contributed by atoms with E-state index in [0.717, 1.165) is 22.5 Å². The Kier molecular flexibility index (Phi) is 6.73. The predicted molar refractivity (Wildman–Crippen MR) is 102 cm³/mol. The molecule has 0 aromatic heterocycles. The van der Waals surface area contributed by atoms with Crippen LogP contribution in [0.2, 0.25) is 0 Å². The molecule has 2 aromatic rings. The standard InChI is InChI=1S/C19H22F2N2O4S/c1-5-23(11-17(24)22-18-15(20)7-6-8-16(18)21)28(25,26)14-9-12(2)19(27-4)13(3)10-14/h6-10H,5,11H2,1-4H3,(H,22,24). The van der Waals surface area contributed by atoms with Crippen molar-refractivity contribution in [3.05, 3.63) is 53.1 Å². The molecule has 28 heavy (non-hydrogen) atoms. The van der Waals surface area contributed by atoms with Gasteiger partial charge in [0.2, 0.25) is 15.9 Å². The van der Waals surface area contributed by atoms with Crippen LogP contribution in [0.1, 0.15) is 18.1 Å². The second-order valence-corrected chi connectivity index (χ2v) is 8.10. The number of carbonyl (C=O) groups is 1. The summed E-state index contributed by atoms with van der Waals surface area (Å²) in [7, 11) is -2.51. The Bertz CT molecular complexity index is 950. The van der Waals surface area contributed by atoms with Gasteiger partial charge in [-0.1, -0.05) is 13.0 Å². The number of ether oxygens (including phenoxy) is 1. The van der Waals surface area contributed by atoms with Crippen LogP contribution in [0.5, 0.6) is 5.75 Å². The fourth-order valence-electron chi connectivity index (χ4n) is 2.85. The van der Waals surface area contributed by atoms with Gasteiger partial charge >= 0.3 is 0 Å². The number of sulfonamides is 1. The predicted octanol–water partition coefficient (Wildman–Crippen LogP) is 3.24. The topological polar surface area (TPSA) is 75.7 Å². The van der Waals surface area contributed by atoms with Crippen LogP contribution in [0.15, 0.2) is 35.2 Å². The second kappa shape index (κ2) is 8.66. The zero-order valence-corrected chi connectivity index (χ0v) is 16.9. The average Bonchev–Trinajstić information content (AvgIpc) is 2.62. The number of para-hydroxylation sites is 1. The molecule has 0 radical (unpaired) electrons. The van der Waals surface area contributed by atoms with Crippen LogP contribution in [0.3, 0.4) is 0 Å². The van der Waals surface area contributed by atoms with Gasteiger partial charge in [0.25, 0.3) is 0 Å². The van der Waals surface area contributed by atoms with Gasteiger partial charge in [-0.05, 0) is 49.2 Å². The number of aryl methyl sites for hydroxylation is 2. The largest absolute Gasteiger partial charge is 0.496 e. The zero-order chi connectivity index (χ0) is 21.1. The number of benzene rings is 2. The first-order chi connectivity index (χ1) is 13.1. The molecule has 1 amide bonds. The first-order valence-corrected chi connectivity index (χ1v) is 9.95. The number of nitrogens with one attached hydrogen (secondary N) is 1. The Hall–Kier alpha value is -2.52. The average molecular weight is 412 g/mol. The summed E-state index contributed by atoms with van der Waals surface area (Å²) >= 11 is 0. The Morgan fingerprint density at radius 3 is 2.14 bits per heavy atom. The van der Waals surface area contributed by atoms with Crippen molar-refractivity contribution in [3.63, 3.8) is 0 Å². The van der Waals surface area contributed by atoms with E-state index in [0.29, 0.717) is 16.9 Å². The molecule has 0 heterocycles.